The largest absolute Gasteiger partial charge is 0.410 e. The molecular weight excluding hydrogens is 595 g/mol. The molecule has 3 aromatic carbocycles. The normalized spacial score (nSPS) is 19.6. The van der Waals surface area contributed by atoms with Gasteiger partial charge in [0.15, 0.2) is 11.7 Å². The zero-order valence-corrected chi connectivity index (χ0v) is 23.7. The number of amides is 1. The number of aromatic nitrogens is 2. The molecule has 0 saturated carbocycles. The second-order valence-electron chi connectivity index (χ2n) is 10.5. The van der Waals surface area contributed by atoms with Gasteiger partial charge in [-0.15, -0.1) is 0 Å². The van der Waals surface area contributed by atoms with Gasteiger partial charge in [0, 0.05) is 43.1 Å². The third-order valence-electron chi connectivity index (χ3n) is 7.88. The Kier molecular flexibility index (Phi) is 7.61. The van der Waals surface area contributed by atoms with Gasteiger partial charge >= 0.3 is 6.18 Å². The van der Waals surface area contributed by atoms with Gasteiger partial charge in [0.25, 0.3) is 5.91 Å². The van der Waals surface area contributed by atoms with E-state index in [2.05, 4.69) is 55.5 Å². The van der Waals surface area contributed by atoms with Crippen molar-refractivity contribution in [2.24, 2.45) is 0 Å². The van der Waals surface area contributed by atoms with Crippen LogP contribution in [0.25, 0.3) is 0 Å². The van der Waals surface area contributed by atoms with Crippen LogP contribution in [0.15, 0.2) is 95.5 Å². The second kappa shape index (κ2) is 11.3. The molecule has 0 unspecified atom stereocenters. The van der Waals surface area contributed by atoms with Crippen molar-refractivity contribution in [2.75, 3.05) is 31.5 Å². The van der Waals surface area contributed by atoms with E-state index in [1.54, 1.807) is 29.2 Å². The first kappa shape index (κ1) is 27.5. The molecule has 2 aliphatic heterocycles. The first-order valence-electron chi connectivity index (χ1n) is 13.6. The predicted molar refractivity (Wildman–Crippen MR) is 155 cm³/mol. The number of rotatable bonds is 5. The molecule has 1 aromatic heterocycles. The highest BCUT2D eigenvalue weighted by Crippen LogP contribution is 2.44. The minimum Gasteiger partial charge on any atom is -0.363 e. The minimum atomic E-state index is -4.51. The van der Waals surface area contributed by atoms with Crippen molar-refractivity contribution in [1.82, 2.24) is 19.6 Å². The Morgan fingerprint density at radius 1 is 0.878 bits per heavy atom. The van der Waals surface area contributed by atoms with Crippen LogP contribution in [-0.4, -0.2) is 57.8 Å². The van der Waals surface area contributed by atoms with Gasteiger partial charge in [-0.05, 0) is 28.8 Å². The molecule has 1 saturated heterocycles. The van der Waals surface area contributed by atoms with Gasteiger partial charge in [0.05, 0.1) is 12.1 Å². The molecule has 41 heavy (non-hydrogen) atoms. The van der Waals surface area contributed by atoms with Crippen LogP contribution in [0.3, 0.4) is 0 Å². The Morgan fingerprint density at radius 2 is 1.46 bits per heavy atom. The average molecular weight is 625 g/mol. The topological polar surface area (TPSA) is 53.4 Å². The summed E-state index contributed by atoms with van der Waals surface area (Å²) in [7, 11) is 0. The summed E-state index contributed by atoms with van der Waals surface area (Å²) >= 11 is 3.37. The molecule has 0 radical (unpaired) electrons. The molecule has 0 aliphatic carbocycles. The fraction of sp³-hybridized carbons (Fsp3) is 0.290. The number of benzene rings is 3. The van der Waals surface area contributed by atoms with Gasteiger partial charge in [0.1, 0.15) is 5.82 Å². The van der Waals surface area contributed by atoms with Gasteiger partial charge in [0.2, 0.25) is 0 Å². The zero-order valence-electron chi connectivity index (χ0n) is 22.1. The first-order valence-corrected chi connectivity index (χ1v) is 14.4. The SMILES string of the molecule is O=C(c1cc2n(n1)[C@@H](C(F)(F)F)C[C@H](c1ccc(Br)cc1)N2)N1CCN(C(c2ccccc2)c2ccccc2)CC1. The van der Waals surface area contributed by atoms with E-state index in [0.29, 0.717) is 26.2 Å². The van der Waals surface area contributed by atoms with E-state index in [-0.39, 0.29) is 29.9 Å². The lowest BCUT2D eigenvalue weighted by molar-refractivity contribution is -0.173. The number of halogens is 4. The third-order valence-corrected chi connectivity index (χ3v) is 8.41. The first-order chi connectivity index (χ1) is 19.8. The molecular formula is C31H29BrF3N5O. The number of carbonyl (C=O) groups is 1. The Labute approximate surface area is 244 Å². The molecule has 0 spiro atoms. The van der Waals surface area contributed by atoms with E-state index < -0.39 is 18.3 Å². The Balaban J connectivity index is 1.20. The number of anilines is 1. The Hall–Kier alpha value is -3.63. The van der Waals surface area contributed by atoms with Gasteiger partial charge in [-0.2, -0.15) is 18.3 Å². The number of fused-ring (bicyclic) bond motifs is 1. The summed E-state index contributed by atoms with van der Waals surface area (Å²) < 4.78 is 44.2. The number of hydrogen-bond donors (Lipinski definition) is 1. The van der Waals surface area contributed by atoms with Crippen molar-refractivity contribution >= 4 is 27.7 Å². The monoisotopic (exact) mass is 623 g/mol. The predicted octanol–water partition coefficient (Wildman–Crippen LogP) is 6.85. The fourth-order valence-electron chi connectivity index (χ4n) is 5.82. The molecule has 2 aliphatic rings. The molecule has 6 rings (SSSR count). The number of nitrogens with zero attached hydrogens (tertiary/aromatic N) is 4. The lowest BCUT2D eigenvalue weighted by atomic mass is 9.96. The number of alkyl halides is 3. The van der Waals surface area contributed by atoms with Crippen molar-refractivity contribution in [1.29, 1.82) is 0 Å². The van der Waals surface area contributed by atoms with Crippen molar-refractivity contribution < 1.29 is 18.0 Å². The number of carbonyl (C=O) groups excluding carboxylic acids is 1. The highest BCUT2D eigenvalue weighted by Gasteiger charge is 2.47. The lowest BCUT2D eigenvalue weighted by Crippen LogP contribution is -2.50. The van der Waals surface area contributed by atoms with Gasteiger partial charge < -0.3 is 10.2 Å². The summed E-state index contributed by atoms with van der Waals surface area (Å²) in [4.78, 5) is 17.5. The molecule has 6 nitrogen and oxygen atoms in total. The van der Waals surface area contributed by atoms with Crippen LogP contribution in [-0.2, 0) is 0 Å². The van der Waals surface area contributed by atoms with Crippen LogP contribution in [0.1, 0.15) is 51.7 Å². The summed E-state index contributed by atoms with van der Waals surface area (Å²) in [5.41, 5.74) is 3.11. The average Bonchev–Trinajstić information content (AvgIpc) is 3.42. The van der Waals surface area contributed by atoms with Crippen molar-refractivity contribution in [3.63, 3.8) is 0 Å². The van der Waals surface area contributed by atoms with Gasteiger partial charge in [-0.25, -0.2) is 4.68 Å². The molecule has 1 amide bonds. The molecule has 10 heteroatoms. The molecule has 3 heterocycles. The lowest BCUT2D eigenvalue weighted by Gasteiger charge is -2.39. The maximum absolute atomic E-state index is 14.1. The van der Waals surface area contributed by atoms with Gasteiger partial charge in [-0.1, -0.05) is 88.7 Å². The van der Waals surface area contributed by atoms with Crippen molar-refractivity contribution in [3.8, 4) is 0 Å². The molecule has 1 fully saturated rings. The molecule has 2 atom stereocenters. The number of piperazine rings is 1. The zero-order chi connectivity index (χ0) is 28.6. The van der Waals surface area contributed by atoms with Crippen molar-refractivity contribution in [2.45, 2.75) is 30.7 Å². The number of nitrogens with one attached hydrogen (secondary N) is 1. The quantitative estimate of drug-likeness (QED) is 0.264. The number of hydrogen-bond acceptors (Lipinski definition) is 4. The Morgan fingerprint density at radius 3 is 2.02 bits per heavy atom. The van der Waals surface area contributed by atoms with E-state index in [4.69, 9.17) is 0 Å². The highest BCUT2D eigenvalue weighted by atomic mass is 79.9. The van der Waals surface area contributed by atoms with E-state index >= 15 is 0 Å². The Bertz CT molecular complexity index is 1450. The molecule has 212 valence electrons. The van der Waals surface area contributed by atoms with E-state index in [1.807, 2.05) is 36.4 Å². The van der Waals surface area contributed by atoms with Crippen LogP contribution in [0.2, 0.25) is 0 Å². The smallest absolute Gasteiger partial charge is 0.363 e. The highest BCUT2D eigenvalue weighted by molar-refractivity contribution is 9.10. The standard InChI is InChI=1S/C31H29BrF3N5O/c32-24-13-11-21(12-14-24)25-19-27(31(33,34)35)40-28(36-25)20-26(37-40)30(41)39-17-15-38(16-18-39)29(22-7-3-1-4-8-22)23-9-5-2-6-10-23/h1-14,20,25,27,29,36H,15-19H2/t25-,27-/m1/s1. The van der Waals surface area contributed by atoms with Gasteiger partial charge in [-0.3, -0.25) is 9.69 Å². The van der Waals surface area contributed by atoms with Crippen molar-refractivity contribution in [3.05, 3.63) is 118 Å². The molecule has 4 aromatic rings. The van der Waals surface area contributed by atoms with E-state index in [0.717, 1.165) is 14.7 Å². The maximum Gasteiger partial charge on any atom is 0.410 e. The summed E-state index contributed by atoms with van der Waals surface area (Å²) in [6, 6.07) is 26.8. The van der Waals surface area contributed by atoms with Crippen LogP contribution >= 0.6 is 15.9 Å². The molecule has 0 bridgehead atoms. The van der Waals surface area contributed by atoms with E-state index in [1.165, 1.54) is 17.2 Å². The summed E-state index contributed by atoms with van der Waals surface area (Å²) in [5, 5.41) is 7.36. The summed E-state index contributed by atoms with van der Waals surface area (Å²) in [6.07, 6.45) is -4.72. The summed E-state index contributed by atoms with van der Waals surface area (Å²) in [5.74, 6) is -0.160. The van der Waals surface area contributed by atoms with Crippen LogP contribution < -0.4 is 5.32 Å². The summed E-state index contributed by atoms with van der Waals surface area (Å²) in [6.45, 7) is 2.16. The minimum absolute atomic E-state index is 0.0225. The maximum atomic E-state index is 14.1. The second-order valence-corrected chi connectivity index (χ2v) is 11.4. The van der Waals surface area contributed by atoms with Crippen LogP contribution in [0, 0.1) is 0 Å². The van der Waals surface area contributed by atoms with E-state index in [9.17, 15) is 18.0 Å². The van der Waals surface area contributed by atoms with Crippen LogP contribution in [0.4, 0.5) is 19.0 Å². The third kappa shape index (κ3) is 5.76. The van der Waals surface area contributed by atoms with Crippen LogP contribution in [0.5, 0.6) is 0 Å². The fourth-order valence-corrected chi connectivity index (χ4v) is 6.09. The molecule has 1 N–H and O–H groups in total.